The third-order valence-corrected chi connectivity index (χ3v) is 13.4. The predicted molar refractivity (Wildman–Crippen MR) is 273 cm³/mol. The topological polar surface area (TPSA) is 38.7 Å². The Hall–Kier alpha value is -7.79. The van der Waals surface area contributed by atoms with Gasteiger partial charge in [-0.05, 0) is 95.9 Å². The number of hydrogen-bond donors (Lipinski definition) is 0. The molecule has 0 amide bonds. The predicted octanol–water partition coefficient (Wildman–Crippen LogP) is 16.2. The van der Waals surface area contributed by atoms with E-state index in [9.17, 15) is 0 Å². The number of rotatable bonds is 11. The van der Waals surface area contributed by atoms with Crippen LogP contribution in [0.2, 0.25) is 0 Å². The molecule has 0 aliphatic heterocycles. The standard InChI is InChI=1S/C60H45N3S/c1-6-39(40-30-32-42(33-31-40)48-25-16-15-24-47(48)41-20-11-9-12-21-41)36-45-38-64-55-29-19-28-51(56(45)55)49-26-17-18-27-52(49)59-62-57(43-22-13-10-14-23-43)61-58(63-59)44-34-35-50-46(7-2)53(8-3)60(4,5)54(50)37-44/h6-38H,1-3H2,4-5H3/b39-36+. The van der Waals surface area contributed by atoms with Crippen LogP contribution >= 0.6 is 11.3 Å². The van der Waals surface area contributed by atoms with Gasteiger partial charge in [-0.2, -0.15) is 0 Å². The summed E-state index contributed by atoms with van der Waals surface area (Å²) in [5.74, 6) is 1.85. The molecule has 0 unspecified atom stereocenters. The summed E-state index contributed by atoms with van der Waals surface area (Å²) in [5, 5.41) is 3.42. The third-order valence-electron chi connectivity index (χ3n) is 12.4. The van der Waals surface area contributed by atoms with Crippen molar-refractivity contribution < 1.29 is 0 Å². The van der Waals surface area contributed by atoms with Crippen molar-refractivity contribution in [3.05, 3.63) is 241 Å². The molecule has 3 nitrogen and oxygen atoms in total. The quantitative estimate of drug-likeness (QED) is 0.122. The molecule has 10 rings (SSSR count). The van der Waals surface area contributed by atoms with Crippen molar-refractivity contribution in [3.8, 4) is 67.5 Å². The molecule has 4 heteroatoms. The Morgan fingerprint density at radius 2 is 1.06 bits per heavy atom. The molecule has 0 saturated carbocycles. The van der Waals surface area contributed by atoms with Gasteiger partial charge in [0, 0.05) is 32.2 Å². The van der Waals surface area contributed by atoms with E-state index in [1.165, 1.54) is 43.5 Å². The zero-order valence-corrected chi connectivity index (χ0v) is 36.7. The Morgan fingerprint density at radius 3 is 1.72 bits per heavy atom. The molecule has 0 bridgehead atoms. The molecule has 0 fully saturated rings. The van der Waals surface area contributed by atoms with Crippen molar-refractivity contribution in [2.45, 2.75) is 19.3 Å². The molecule has 0 atom stereocenters. The summed E-state index contributed by atoms with van der Waals surface area (Å²) < 4.78 is 1.20. The normalized spacial score (nSPS) is 13.2. The third kappa shape index (κ3) is 7.18. The molecule has 1 aliphatic carbocycles. The van der Waals surface area contributed by atoms with Crippen LogP contribution in [-0.4, -0.2) is 15.0 Å². The highest BCUT2D eigenvalue weighted by Crippen LogP contribution is 2.48. The van der Waals surface area contributed by atoms with Crippen LogP contribution in [0.15, 0.2) is 219 Å². The van der Waals surface area contributed by atoms with Crippen LogP contribution in [-0.2, 0) is 5.41 Å². The summed E-state index contributed by atoms with van der Waals surface area (Å²) in [5.41, 5.74) is 17.4. The lowest BCUT2D eigenvalue weighted by Crippen LogP contribution is -2.16. The number of hydrogen-bond acceptors (Lipinski definition) is 4. The molecule has 7 aromatic carbocycles. The van der Waals surface area contributed by atoms with E-state index in [0.29, 0.717) is 17.5 Å². The highest BCUT2D eigenvalue weighted by atomic mass is 32.1. The molecule has 2 heterocycles. The number of thiophene rings is 1. The Balaban J connectivity index is 1.07. The van der Waals surface area contributed by atoms with Gasteiger partial charge in [0.05, 0.1) is 0 Å². The fraction of sp³-hybridized carbons (Fsp3) is 0.0500. The van der Waals surface area contributed by atoms with Gasteiger partial charge in [-0.3, -0.25) is 0 Å². The highest BCUT2D eigenvalue weighted by molar-refractivity contribution is 7.17. The molecule has 306 valence electrons. The first-order chi connectivity index (χ1) is 31.4. The molecule has 0 N–H and O–H groups in total. The maximum Gasteiger partial charge on any atom is 0.164 e. The van der Waals surface area contributed by atoms with E-state index in [1.54, 1.807) is 11.3 Å². The molecular weight excluding hydrogens is 795 g/mol. The van der Waals surface area contributed by atoms with E-state index >= 15 is 0 Å². The Kier molecular flexibility index (Phi) is 10.6. The second kappa shape index (κ2) is 16.8. The van der Waals surface area contributed by atoms with Crippen molar-refractivity contribution in [1.82, 2.24) is 15.0 Å². The minimum Gasteiger partial charge on any atom is -0.208 e. The summed E-state index contributed by atoms with van der Waals surface area (Å²) in [7, 11) is 0. The van der Waals surface area contributed by atoms with E-state index in [2.05, 4.69) is 197 Å². The molecule has 64 heavy (non-hydrogen) atoms. The van der Waals surface area contributed by atoms with Crippen molar-refractivity contribution in [2.75, 3.05) is 0 Å². The van der Waals surface area contributed by atoms with Crippen molar-refractivity contribution in [3.63, 3.8) is 0 Å². The van der Waals surface area contributed by atoms with Gasteiger partial charge in [0.25, 0.3) is 0 Å². The van der Waals surface area contributed by atoms with Gasteiger partial charge >= 0.3 is 0 Å². The zero-order chi connectivity index (χ0) is 43.8. The minimum atomic E-state index is -0.254. The second-order valence-electron chi connectivity index (χ2n) is 16.5. The molecule has 0 spiro atoms. The van der Waals surface area contributed by atoms with Gasteiger partial charge in [-0.15, -0.1) is 11.3 Å². The molecule has 2 aromatic heterocycles. The van der Waals surface area contributed by atoms with Crippen molar-refractivity contribution >= 4 is 38.6 Å². The minimum absolute atomic E-state index is 0.254. The number of allylic oxidation sites excluding steroid dienone is 6. The number of nitrogens with zero attached hydrogens (tertiary/aromatic N) is 3. The van der Waals surface area contributed by atoms with Crippen LogP contribution in [0.25, 0.3) is 94.9 Å². The lowest BCUT2D eigenvalue weighted by atomic mass is 9.80. The average Bonchev–Trinajstić information content (AvgIpc) is 3.87. The van der Waals surface area contributed by atoms with E-state index in [-0.39, 0.29) is 5.41 Å². The summed E-state index contributed by atoms with van der Waals surface area (Å²) >= 11 is 1.75. The Morgan fingerprint density at radius 1 is 0.500 bits per heavy atom. The molecule has 1 aliphatic rings. The number of aromatic nitrogens is 3. The number of benzene rings is 7. The molecule has 0 saturated heterocycles. The first-order valence-electron chi connectivity index (χ1n) is 21.5. The van der Waals surface area contributed by atoms with Gasteiger partial charge in [0.1, 0.15) is 0 Å². The largest absolute Gasteiger partial charge is 0.208 e. The summed E-state index contributed by atoms with van der Waals surface area (Å²) in [6.07, 6.45) is 8.12. The lowest BCUT2D eigenvalue weighted by molar-refractivity contribution is 0.654. The monoisotopic (exact) mass is 839 g/mol. The van der Waals surface area contributed by atoms with Gasteiger partial charge < -0.3 is 0 Å². The van der Waals surface area contributed by atoms with Crippen molar-refractivity contribution in [2.24, 2.45) is 0 Å². The average molecular weight is 840 g/mol. The van der Waals surface area contributed by atoms with Crippen LogP contribution in [0.5, 0.6) is 0 Å². The fourth-order valence-corrected chi connectivity index (χ4v) is 10.2. The Bertz CT molecular complexity index is 3330. The molecule has 9 aromatic rings. The van der Waals surface area contributed by atoms with Gasteiger partial charge in [0.15, 0.2) is 17.5 Å². The first kappa shape index (κ1) is 40.3. The number of fused-ring (bicyclic) bond motifs is 2. The molecular formula is C60H45N3S. The maximum atomic E-state index is 5.28. The van der Waals surface area contributed by atoms with Crippen LogP contribution < -0.4 is 0 Å². The van der Waals surface area contributed by atoms with Crippen LogP contribution in [0.4, 0.5) is 0 Å². The summed E-state index contributed by atoms with van der Waals surface area (Å²) in [6, 6.07) is 59.7. The zero-order valence-electron chi connectivity index (χ0n) is 35.9. The van der Waals surface area contributed by atoms with E-state index in [1.807, 2.05) is 36.4 Å². The maximum absolute atomic E-state index is 5.28. The van der Waals surface area contributed by atoms with Gasteiger partial charge in [-0.25, -0.2) is 15.0 Å². The first-order valence-corrected chi connectivity index (χ1v) is 22.4. The smallest absolute Gasteiger partial charge is 0.164 e. The Labute approximate surface area is 379 Å². The van der Waals surface area contributed by atoms with Crippen LogP contribution in [0, 0.1) is 0 Å². The second-order valence-corrected chi connectivity index (χ2v) is 17.4. The summed E-state index contributed by atoms with van der Waals surface area (Å²) in [4.78, 5) is 15.6. The van der Waals surface area contributed by atoms with Gasteiger partial charge in [-0.1, -0.05) is 210 Å². The fourth-order valence-electron chi connectivity index (χ4n) is 9.22. The highest BCUT2D eigenvalue weighted by Gasteiger charge is 2.35. The van der Waals surface area contributed by atoms with Gasteiger partial charge in [0.2, 0.25) is 0 Å². The SMILES string of the molecule is C=CC1=C(C=C)C(C)(C)c2cc(-c3nc(-c4ccccc4)nc(-c4ccccc4-c4cccc5scc(/C=C(\C=C)c6ccc(-c7ccccc7-c7ccccc7)cc6)c45)n3)ccc21. The van der Waals surface area contributed by atoms with Crippen LogP contribution in [0.1, 0.15) is 36.1 Å². The lowest BCUT2D eigenvalue weighted by Gasteiger charge is -2.23. The molecule has 0 radical (unpaired) electrons. The van der Waals surface area contributed by atoms with Crippen molar-refractivity contribution in [1.29, 1.82) is 0 Å². The van der Waals surface area contributed by atoms with E-state index < -0.39 is 0 Å². The van der Waals surface area contributed by atoms with E-state index in [0.717, 1.165) is 55.7 Å². The van der Waals surface area contributed by atoms with Crippen LogP contribution in [0.3, 0.4) is 0 Å². The van der Waals surface area contributed by atoms with E-state index in [4.69, 9.17) is 15.0 Å². The summed E-state index contributed by atoms with van der Waals surface area (Å²) in [6.45, 7) is 17.1.